The molecule has 0 amide bonds. The molecule has 12 aliphatic carbocycles. The molecule has 0 bridgehead atoms. The van der Waals surface area contributed by atoms with Crippen molar-refractivity contribution in [3.05, 3.63) is 219 Å². The van der Waals surface area contributed by atoms with Crippen LogP contribution in [0.5, 0.6) is 0 Å². The van der Waals surface area contributed by atoms with Crippen LogP contribution in [0.25, 0.3) is 0 Å². The Hall–Kier alpha value is -5.74. The molecule has 0 spiro atoms. The van der Waals surface area contributed by atoms with Crippen LogP contribution in [0.3, 0.4) is 0 Å². The summed E-state index contributed by atoms with van der Waals surface area (Å²) in [6, 6.07) is 6.94. The molecule has 0 aromatic heterocycles. The fraction of sp³-hybridized carbons (Fsp3) is 0.672. The molecule has 1 aromatic carbocycles. The highest BCUT2D eigenvalue weighted by Gasteiger charge is 2.55. The van der Waals surface area contributed by atoms with E-state index >= 15 is 0 Å². The maximum atomic E-state index is 14.9. The first-order valence-corrected chi connectivity index (χ1v) is 57.5. The van der Waals surface area contributed by atoms with Crippen molar-refractivity contribution in [3.8, 4) is 0 Å². The zero-order chi connectivity index (χ0) is 103. The standard InChI is InChI=1S/C30H38F2O4S.C28H42F2O4S.2C28H44O4S.2CH4/c1-20(15-17-30(31,32)37(35,36)25-9-5-4-6-10-25)26-13-14-27-22(8-7-16-29(26,27)3)11-12-23-18-24(33)19-28(34)21(23)2;1-18(13-15-28(29,30)35(33,34)26(3,4)5)23-11-12-24-20(8-7-14-27(23,24)6)9-10-21-16-22(31)17-25(32)19(21)2;2*1-19(9-8-16-33(31,32)27(3,4)5)24-13-14-25-21(10-7-15-28(24,25)6)11-12-22-17-23(29)18-26(30)20(22)2;;/h4-6,9-13,20,24,27-28,33-34H,2,7-8,14-19H2,1,3H3;9-11,18,22,24-25,31-32H,2,7-8,12-17H2,1,3-6H3;2*11-13,19,23,25-26,29-30H,2,7-10,14-18H2,1,3-6H3;2*1H4/b22-11+,23-12-;20-9+,21-10-;2*21-11+,22-12-;;/t20-,24?,27?,28?,29-;18-,22-,24+,25+,27-;19-,23+,25+,26-,28-;19-,23-,25+,26+,28-;;/m1111../s1. The number of fused-ring (bicyclic) bond motifs is 4. The minimum Gasteiger partial charge on any atom is -0.393 e. The van der Waals surface area contributed by atoms with Gasteiger partial charge in [0, 0.05) is 38.5 Å². The molecular weight excluding hydrogens is 1850 g/mol. The zero-order valence-electron chi connectivity index (χ0n) is 85.9. The summed E-state index contributed by atoms with van der Waals surface area (Å²) in [4.78, 5) is -0.350. The lowest BCUT2D eigenvalue weighted by Crippen LogP contribution is -2.42. The number of allylic oxidation sites excluding steroid dienone is 20. The van der Waals surface area contributed by atoms with Gasteiger partial charge in [0.05, 0.1) is 79.5 Å². The van der Waals surface area contributed by atoms with Crippen LogP contribution in [0.4, 0.5) is 17.6 Å². The highest BCUT2D eigenvalue weighted by molar-refractivity contribution is 7.94. The van der Waals surface area contributed by atoms with E-state index in [-0.39, 0.29) is 89.4 Å². The average Bonchev–Trinajstić information content (AvgIpc) is 1.63. The third kappa shape index (κ3) is 26.9. The van der Waals surface area contributed by atoms with Crippen molar-refractivity contribution in [2.45, 2.75) is 417 Å². The van der Waals surface area contributed by atoms with Gasteiger partial charge in [-0.15, -0.1) is 0 Å². The first-order valence-electron chi connectivity index (χ1n) is 51.3. The number of halogens is 4. The Kier molecular flexibility index (Phi) is 40.3. The molecule has 12 aliphatic rings. The van der Waals surface area contributed by atoms with Gasteiger partial charge in [0.1, 0.15) is 0 Å². The largest absolute Gasteiger partial charge is 0.393 e. The number of rotatable bonds is 25. The quantitative estimate of drug-likeness (QED) is 0.0333. The third-order valence-electron chi connectivity index (χ3n) is 34.0. The summed E-state index contributed by atoms with van der Waals surface area (Å²) in [5.74, 6) is 2.49. The van der Waals surface area contributed by atoms with Gasteiger partial charge in [0.2, 0.25) is 19.7 Å². The molecule has 0 aliphatic heterocycles. The fourth-order valence-corrected chi connectivity index (χ4v) is 29.8. The van der Waals surface area contributed by atoms with Gasteiger partial charge in [0.15, 0.2) is 19.7 Å². The summed E-state index contributed by atoms with van der Waals surface area (Å²) < 4.78 is 156. The van der Waals surface area contributed by atoms with Crippen LogP contribution in [0, 0.1) is 69.0 Å². The molecule has 1 aromatic rings. The van der Waals surface area contributed by atoms with Gasteiger partial charge < -0.3 is 40.9 Å². The predicted molar refractivity (Wildman–Crippen MR) is 565 cm³/mol. The van der Waals surface area contributed by atoms with Crippen LogP contribution in [0.2, 0.25) is 0 Å². The van der Waals surface area contributed by atoms with E-state index in [1.54, 1.807) is 47.6 Å². The number of aliphatic hydroxyl groups is 8. The van der Waals surface area contributed by atoms with Gasteiger partial charge in [-0.1, -0.05) is 232 Å². The van der Waals surface area contributed by atoms with Gasteiger partial charge in [-0.2, -0.15) is 17.6 Å². The predicted octanol–water partition coefficient (Wildman–Crippen LogP) is 25.4. The Morgan fingerprint density at radius 3 is 0.857 bits per heavy atom. The third-order valence-corrected chi connectivity index (χ3v) is 43.8. The van der Waals surface area contributed by atoms with Crippen LogP contribution in [-0.2, 0) is 39.3 Å². The number of hydrogen-bond acceptors (Lipinski definition) is 16. The van der Waals surface area contributed by atoms with Crippen molar-refractivity contribution < 1.29 is 92.1 Å². The van der Waals surface area contributed by atoms with Crippen molar-refractivity contribution in [2.75, 3.05) is 11.5 Å². The lowest BCUT2D eigenvalue weighted by atomic mass is 9.62. The SMILES string of the molecule is C.C.C=C1/C(=C\C=C2/CCC[C@]3(C)C([C@H](C)CCC(F)(F)S(=O)(=O)C(C)(C)C)=CC[C@@H]23)C[C@@H](O)C[C@@H]1O.C=C1/C(=C\C=C2/CCC[C@]3(C)C([C@H](C)CCC(F)(F)S(=O)(=O)c4ccccc4)=CCC23)CC(O)CC1O.C=C1/C(=C\C=C2/CCC[C@]3(C)C([C@H](C)CCCS(=O)(=O)C(C)(C)C)=CC[C@@H]23)C[C@@H](O)C[C@@H]1O.C=C1/C(=C\C=C2/CCC[C@]3(C)C([C@H](C)CCCS(=O)(=O)C(C)(C)C)=CC[C@@H]23)C[C@H](O)C[C@H]1O. The summed E-state index contributed by atoms with van der Waals surface area (Å²) in [5.41, 5.74) is 17.2. The normalized spacial score (nSPS) is 33.1. The Morgan fingerprint density at radius 2 is 0.614 bits per heavy atom. The molecule has 20 atom stereocenters. The molecule has 8 fully saturated rings. The Morgan fingerprint density at radius 1 is 0.371 bits per heavy atom. The van der Waals surface area contributed by atoms with E-state index < -0.39 is 126 Å². The minimum absolute atomic E-state index is 0. The highest BCUT2D eigenvalue weighted by Crippen LogP contribution is 2.62. The van der Waals surface area contributed by atoms with E-state index in [0.717, 1.165) is 147 Å². The van der Waals surface area contributed by atoms with Gasteiger partial charge in [0.25, 0.3) is 0 Å². The lowest BCUT2D eigenvalue weighted by molar-refractivity contribution is 0.0722. The van der Waals surface area contributed by atoms with Gasteiger partial charge in [-0.25, -0.2) is 33.7 Å². The number of alkyl halides is 4. The van der Waals surface area contributed by atoms with Crippen LogP contribution in [0.1, 0.15) is 338 Å². The van der Waals surface area contributed by atoms with Crippen molar-refractivity contribution in [3.63, 3.8) is 0 Å². The fourth-order valence-electron chi connectivity index (χ4n) is 25.0. The molecule has 8 N–H and O–H groups in total. The molecule has 3 unspecified atom stereocenters. The summed E-state index contributed by atoms with van der Waals surface area (Å²) in [6.45, 7) is 48.3. The zero-order valence-corrected chi connectivity index (χ0v) is 89.2. The molecule has 13 rings (SSSR count). The van der Waals surface area contributed by atoms with Crippen LogP contribution in [-0.4, -0.2) is 160 Å². The molecular formula is C116H176F4O16S4. The Balaban J connectivity index is 0.000000228. The van der Waals surface area contributed by atoms with E-state index in [9.17, 15) is 92.1 Å². The first kappa shape index (κ1) is 119. The van der Waals surface area contributed by atoms with E-state index in [4.69, 9.17) is 0 Å². The molecule has 0 heterocycles. The second-order valence-electron chi connectivity index (χ2n) is 46.7. The molecule has 788 valence electrons. The lowest BCUT2D eigenvalue weighted by Gasteiger charge is -2.42. The van der Waals surface area contributed by atoms with Crippen LogP contribution in [0.15, 0.2) is 224 Å². The summed E-state index contributed by atoms with van der Waals surface area (Å²) >= 11 is 0. The van der Waals surface area contributed by atoms with E-state index in [1.165, 1.54) is 91.3 Å². The van der Waals surface area contributed by atoms with Crippen molar-refractivity contribution in [1.82, 2.24) is 0 Å². The molecule has 0 radical (unpaired) electrons. The van der Waals surface area contributed by atoms with Gasteiger partial charge in [-0.3, -0.25) is 0 Å². The van der Waals surface area contributed by atoms with Crippen molar-refractivity contribution in [2.24, 2.45) is 69.0 Å². The van der Waals surface area contributed by atoms with Crippen LogP contribution >= 0.6 is 0 Å². The first-order chi connectivity index (χ1) is 63.9. The van der Waals surface area contributed by atoms with E-state index in [2.05, 4.69) is 129 Å². The van der Waals surface area contributed by atoms with Gasteiger partial charge in [-0.05, 0) is 355 Å². The summed E-state index contributed by atoms with van der Waals surface area (Å²) in [6.07, 6.45) is 42.9. The molecule has 140 heavy (non-hydrogen) atoms. The summed E-state index contributed by atoms with van der Waals surface area (Å²) in [5, 5.41) is 73.2. The maximum Gasteiger partial charge on any atom is 0.350 e. The Labute approximate surface area is 841 Å². The van der Waals surface area contributed by atoms with E-state index in [1.807, 2.05) is 26.0 Å². The minimum atomic E-state index is -4.75. The van der Waals surface area contributed by atoms with Gasteiger partial charge >= 0.3 is 10.5 Å². The summed E-state index contributed by atoms with van der Waals surface area (Å²) in [7, 11) is -15.5. The topological polar surface area (TPSA) is 298 Å². The number of hydrogen-bond donors (Lipinski definition) is 8. The maximum absolute atomic E-state index is 14.9. The second kappa shape index (κ2) is 47.2. The average molecular weight is 2030 g/mol. The molecule has 0 saturated heterocycles. The van der Waals surface area contributed by atoms with E-state index in [0.29, 0.717) is 99.0 Å². The Bertz CT molecular complexity index is 5320. The van der Waals surface area contributed by atoms with Crippen molar-refractivity contribution >= 4 is 39.3 Å². The second-order valence-corrected chi connectivity index (χ2v) is 57.3. The molecule has 24 heteroatoms. The monoisotopic (exact) mass is 2030 g/mol. The number of aliphatic hydroxyl groups excluding tert-OH is 8. The molecule has 16 nitrogen and oxygen atoms in total. The number of benzene rings is 1. The molecule has 8 saturated carbocycles. The highest BCUT2D eigenvalue weighted by atomic mass is 32.2. The number of sulfone groups is 4. The van der Waals surface area contributed by atoms with Crippen molar-refractivity contribution in [1.29, 1.82) is 0 Å². The smallest absolute Gasteiger partial charge is 0.350 e. The van der Waals surface area contributed by atoms with Crippen LogP contribution < -0.4 is 0 Å².